The van der Waals surface area contributed by atoms with Gasteiger partial charge in [-0.3, -0.25) is 9.59 Å². The predicted molar refractivity (Wildman–Crippen MR) is 117 cm³/mol. The van der Waals surface area contributed by atoms with Gasteiger partial charge in [0.15, 0.2) is 11.5 Å². The first kappa shape index (κ1) is 21.6. The molecule has 3 aromatic rings. The average Bonchev–Trinajstić information content (AvgIpc) is 3.23. The fourth-order valence-electron chi connectivity index (χ4n) is 2.55. The minimum atomic E-state index is -0.260. The fraction of sp³-hybridized carbons (Fsp3) is 0.227. The Morgan fingerprint density at radius 1 is 1.07 bits per heavy atom. The Kier molecular flexibility index (Phi) is 7.62. The monoisotopic (exact) mass is 471 g/mol. The van der Waals surface area contributed by atoms with Crippen molar-refractivity contribution in [1.29, 1.82) is 0 Å². The predicted octanol–water partition coefficient (Wildman–Crippen LogP) is 4.80. The van der Waals surface area contributed by atoms with E-state index in [1.165, 1.54) is 0 Å². The normalized spacial score (nSPS) is 10.5. The van der Waals surface area contributed by atoms with Crippen LogP contribution < -0.4 is 15.4 Å². The van der Waals surface area contributed by atoms with Gasteiger partial charge in [-0.25, -0.2) is 0 Å². The molecule has 0 unspecified atom stereocenters. The SMILES string of the molecule is CCCCNC(=O)c1cc(COc2ccc(NC(=O)c3ccc(Br)cc3)cc2)on1. The maximum atomic E-state index is 12.3. The van der Waals surface area contributed by atoms with E-state index < -0.39 is 0 Å². The van der Waals surface area contributed by atoms with E-state index in [4.69, 9.17) is 9.26 Å². The molecule has 1 heterocycles. The summed E-state index contributed by atoms with van der Waals surface area (Å²) in [5.41, 5.74) is 1.45. The van der Waals surface area contributed by atoms with E-state index >= 15 is 0 Å². The van der Waals surface area contributed by atoms with Crippen LogP contribution in [0.2, 0.25) is 0 Å². The molecule has 2 aromatic carbocycles. The van der Waals surface area contributed by atoms with Crippen molar-refractivity contribution in [2.75, 3.05) is 11.9 Å². The summed E-state index contributed by atoms with van der Waals surface area (Å²) in [6.07, 6.45) is 1.92. The molecule has 156 valence electrons. The van der Waals surface area contributed by atoms with Gasteiger partial charge in [-0.2, -0.15) is 0 Å². The Bertz CT molecular complexity index is 984. The topological polar surface area (TPSA) is 93.5 Å². The third-order valence-corrected chi connectivity index (χ3v) is 4.74. The zero-order chi connectivity index (χ0) is 21.3. The van der Waals surface area contributed by atoms with Gasteiger partial charge in [-0.15, -0.1) is 0 Å². The van der Waals surface area contributed by atoms with E-state index in [0.29, 0.717) is 29.3 Å². The molecule has 2 N–H and O–H groups in total. The molecule has 0 aliphatic carbocycles. The summed E-state index contributed by atoms with van der Waals surface area (Å²) in [6, 6.07) is 15.7. The van der Waals surface area contributed by atoms with Crippen LogP contribution in [0, 0.1) is 0 Å². The van der Waals surface area contributed by atoms with Crippen molar-refractivity contribution in [1.82, 2.24) is 10.5 Å². The number of rotatable bonds is 9. The van der Waals surface area contributed by atoms with Crippen LogP contribution in [0.25, 0.3) is 0 Å². The van der Waals surface area contributed by atoms with Crippen molar-refractivity contribution in [2.45, 2.75) is 26.4 Å². The van der Waals surface area contributed by atoms with Gasteiger partial charge in [0.2, 0.25) is 0 Å². The number of hydrogen-bond acceptors (Lipinski definition) is 5. The van der Waals surface area contributed by atoms with E-state index in [9.17, 15) is 9.59 Å². The molecule has 0 saturated carbocycles. The molecule has 1 aromatic heterocycles. The summed E-state index contributed by atoms with van der Waals surface area (Å²) in [5.74, 6) is 0.595. The number of aromatic nitrogens is 1. The van der Waals surface area contributed by atoms with Crippen molar-refractivity contribution in [3.8, 4) is 5.75 Å². The molecule has 3 rings (SSSR count). The van der Waals surface area contributed by atoms with Gasteiger partial charge in [-0.05, 0) is 55.0 Å². The van der Waals surface area contributed by atoms with Crippen molar-refractivity contribution < 1.29 is 18.8 Å². The standard InChI is InChI=1S/C22H22BrN3O4/c1-2-3-12-24-22(28)20-13-19(30-26-20)14-29-18-10-8-17(9-11-18)25-21(27)15-4-6-16(23)7-5-15/h4-11,13H,2-3,12,14H2,1H3,(H,24,28)(H,25,27). The van der Waals surface area contributed by atoms with Gasteiger partial charge in [0.1, 0.15) is 12.4 Å². The van der Waals surface area contributed by atoms with Crippen LogP contribution in [0.3, 0.4) is 0 Å². The maximum Gasteiger partial charge on any atom is 0.273 e. The first-order valence-corrected chi connectivity index (χ1v) is 10.4. The van der Waals surface area contributed by atoms with Crippen LogP contribution in [0.1, 0.15) is 46.4 Å². The zero-order valence-electron chi connectivity index (χ0n) is 16.5. The number of anilines is 1. The lowest BCUT2D eigenvalue weighted by Crippen LogP contribution is -2.24. The Labute approximate surface area is 182 Å². The Balaban J connectivity index is 1.49. The molecule has 7 nitrogen and oxygen atoms in total. The molecule has 0 aliphatic heterocycles. The molecule has 0 bridgehead atoms. The number of halogens is 1. The number of hydrogen-bond donors (Lipinski definition) is 2. The molecule has 8 heteroatoms. The number of amides is 2. The number of carbonyl (C=O) groups is 2. The molecule has 0 aliphatic rings. The minimum absolute atomic E-state index is 0.139. The first-order valence-electron chi connectivity index (χ1n) is 9.58. The Hall–Kier alpha value is -3.13. The van der Waals surface area contributed by atoms with E-state index in [2.05, 4.69) is 38.6 Å². The highest BCUT2D eigenvalue weighted by Crippen LogP contribution is 2.19. The molecule has 0 radical (unpaired) electrons. The number of carbonyl (C=O) groups excluding carboxylic acids is 2. The van der Waals surface area contributed by atoms with Crippen LogP contribution in [0.15, 0.2) is 63.6 Å². The molecule has 0 saturated heterocycles. The summed E-state index contributed by atoms with van der Waals surface area (Å²) in [5, 5.41) is 9.39. The quantitative estimate of drug-likeness (QED) is 0.437. The summed E-state index contributed by atoms with van der Waals surface area (Å²) in [4.78, 5) is 24.2. The smallest absolute Gasteiger partial charge is 0.273 e. The minimum Gasteiger partial charge on any atom is -0.486 e. The van der Waals surface area contributed by atoms with E-state index in [-0.39, 0.29) is 24.1 Å². The molecular formula is C22H22BrN3O4. The van der Waals surface area contributed by atoms with Gasteiger partial charge in [-0.1, -0.05) is 34.4 Å². The number of ether oxygens (including phenoxy) is 1. The van der Waals surface area contributed by atoms with Crippen LogP contribution in [-0.4, -0.2) is 23.5 Å². The lowest BCUT2D eigenvalue weighted by Gasteiger charge is -2.07. The van der Waals surface area contributed by atoms with Gasteiger partial charge in [0, 0.05) is 28.3 Å². The third-order valence-electron chi connectivity index (χ3n) is 4.21. The highest BCUT2D eigenvalue weighted by Gasteiger charge is 2.12. The summed E-state index contributed by atoms with van der Waals surface area (Å²) >= 11 is 3.35. The van der Waals surface area contributed by atoms with Crippen molar-refractivity contribution in [2.24, 2.45) is 0 Å². The molecule has 0 atom stereocenters. The number of unbranched alkanes of at least 4 members (excludes halogenated alkanes) is 1. The lowest BCUT2D eigenvalue weighted by atomic mass is 10.2. The fourth-order valence-corrected chi connectivity index (χ4v) is 2.82. The molecule has 2 amide bonds. The molecule has 0 fully saturated rings. The summed E-state index contributed by atoms with van der Waals surface area (Å²) in [7, 11) is 0. The molecular weight excluding hydrogens is 450 g/mol. The zero-order valence-corrected chi connectivity index (χ0v) is 18.1. The maximum absolute atomic E-state index is 12.3. The van der Waals surface area contributed by atoms with Crippen molar-refractivity contribution >= 4 is 33.4 Å². The number of nitrogens with zero attached hydrogens (tertiary/aromatic N) is 1. The molecule has 0 spiro atoms. The number of nitrogens with one attached hydrogen (secondary N) is 2. The number of benzene rings is 2. The van der Waals surface area contributed by atoms with Crippen molar-refractivity contribution in [3.63, 3.8) is 0 Å². The Morgan fingerprint density at radius 2 is 1.80 bits per heavy atom. The lowest BCUT2D eigenvalue weighted by molar-refractivity contribution is 0.0943. The first-order chi connectivity index (χ1) is 14.5. The average molecular weight is 472 g/mol. The van der Waals surface area contributed by atoms with Crippen molar-refractivity contribution in [3.05, 3.63) is 76.1 Å². The van der Waals surface area contributed by atoms with Gasteiger partial charge >= 0.3 is 0 Å². The van der Waals surface area contributed by atoms with Gasteiger partial charge in [0.25, 0.3) is 11.8 Å². The summed E-state index contributed by atoms with van der Waals surface area (Å²) < 4.78 is 11.7. The van der Waals surface area contributed by atoms with Crippen LogP contribution >= 0.6 is 15.9 Å². The van der Waals surface area contributed by atoms with Gasteiger partial charge < -0.3 is 19.9 Å². The highest BCUT2D eigenvalue weighted by atomic mass is 79.9. The second-order valence-corrected chi connectivity index (χ2v) is 7.48. The summed E-state index contributed by atoms with van der Waals surface area (Å²) in [6.45, 7) is 2.80. The largest absolute Gasteiger partial charge is 0.486 e. The van der Waals surface area contributed by atoms with Crippen LogP contribution in [0.4, 0.5) is 5.69 Å². The van der Waals surface area contributed by atoms with Crippen LogP contribution in [-0.2, 0) is 6.61 Å². The van der Waals surface area contributed by atoms with E-state index in [1.807, 2.05) is 12.1 Å². The highest BCUT2D eigenvalue weighted by molar-refractivity contribution is 9.10. The molecule has 30 heavy (non-hydrogen) atoms. The Morgan fingerprint density at radius 3 is 2.50 bits per heavy atom. The van der Waals surface area contributed by atoms with Crippen LogP contribution in [0.5, 0.6) is 5.75 Å². The second kappa shape index (κ2) is 10.6. The van der Waals surface area contributed by atoms with Gasteiger partial charge in [0.05, 0.1) is 0 Å². The van der Waals surface area contributed by atoms with E-state index in [0.717, 1.165) is 17.3 Å². The van der Waals surface area contributed by atoms with E-state index in [1.54, 1.807) is 42.5 Å². The third kappa shape index (κ3) is 6.18. The second-order valence-electron chi connectivity index (χ2n) is 6.56.